The Kier molecular flexibility index (Phi) is 6.61. The van der Waals surface area contributed by atoms with Crippen molar-refractivity contribution in [3.8, 4) is 0 Å². The second kappa shape index (κ2) is 9.71. The van der Waals surface area contributed by atoms with Crippen LogP contribution in [0.4, 0.5) is 10.5 Å². The Morgan fingerprint density at radius 2 is 2.00 bits per heavy atom. The van der Waals surface area contributed by atoms with E-state index in [1.165, 1.54) is 13.3 Å². The zero-order valence-corrected chi connectivity index (χ0v) is 21.0. The van der Waals surface area contributed by atoms with Gasteiger partial charge in [0, 0.05) is 23.8 Å². The van der Waals surface area contributed by atoms with E-state index >= 15 is 0 Å². The van der Waals surface area contributed by atoms with Crippen molar-refractivity contribution < 1.29 is 24.5 Å². The molecule has 1 amide bonds. The van der Waals surface area contributed by atoms with Crippen LogP contribution in [0.1, 0.15) is 68.3 Å². The number of pyridine rings is 1. The monoisotopic (exact) mass is 512 g/mol. The summed E-state index contributed by atoms with van der Waals surface area (Å²) in [7, 11) is 1.37. The molecule has 2 aromatic heterocycles. The molecule has 2 N–H and O–H groups in total. The van der Waals surface area contributed by atoms with Gasteiger partial charge in [-0.25, -0.2) is 9.78 Å². The van der Waals surface area contributed by atoms with E-state index in [2.05, 4.69) is 4.98 Å². The quantitative estimate of drug-likeness (QED) is 0.511. The van der Waals surface area contributed by atoms with E-state index in [1.54, 1.807) is 17.0 Å². The number of halogens is 1. The van der Waals surface area contributed by atoms with Crippen molar-refractivity contribution in [2.75, 3.05) is 12.0 Å². The molecule has 1 aromatic carbocycles. The van der Waals surface area contributed by atoms with Crippen molar-refractivity contribution >= 4 is 40.4 Å². The van der Waals surface area contributed by atoms with Gasteiger partial charge in [0.05, 0.1) is 40.5 Å². The molecule has 9 nitrogen and oxygen atoms in total. The van der Waals surface area contributed by atoms with Gasteiger partial charge in [0.1, 0.15) is 5.82 Å². The number of aliphatic hydroxyl groups is 1. The molecule has 0 radical (unpaired) electrons. The number of hydrogen-bond donors (Lipinski definition) is 2. The van der Waals surface area contributed by atoms with Gasteiger partial charge in [-0.1, -0.05) is 18.0 Å². The Morgan fingerprint density at radius 1 is 1.19 bits per heavy atom. The molecule has 0 unspecified atom stereocenters. The van der Waals surface area contributed by atoms with Crippen LogP contribution < -0.4 is 4.90 Å². The number of methoxy groups -OCH3 is 1. The van der Waals surface area contributed by atoms with Crippen LogP contribution in [0.3, 0.4) is 0 Å². The number of nitrogens with zero attached hydrogens (tertiary/aromatic N) is 4. The molecule has 10 heteroatoms. The Hall–Kier alpha value is -3.17. The molecular formula is C26H29ClN4O5. The van der Waals surface area contributed by atoms with Crippen molar-refractivity contribution in [3.63, 3.8) is 0 Å². The molecule has 3 heterocycles. The van der Waals surface area contributed by atoms with Crippen LogP contribution in [0.5, 0.6) is 0 Å². The maximum Gasteiger partial charge on any atom is 0.414 e. The van der Waals surface area contributed by atoms with Gasteiger partial charge in [-0.15, -0.1) is 0 Å². The highest BCUT2D eigenvalue weighted by molar-refractivity contribution is 6.30. The smallest absolute Gasteiger partial charge is 0.414 e. The van der Waals surface area contributed by atoms with Gasteiger partial charge < -0.3 is 19.5 Å². The number of carbonyl (C=O) groups excluding carboxylic acids is 1. The van der Waals surface area contributed by atoms with Gasteiger partial charge >= 0.3 is 12.1 Å². The van der Waals surface area contributed by atoms with E-state index in [0.29, 0.717) is 34.9 Å². The standard InChI is InChI=1S/C26H29ClN4O5/c1-14-6-8-18-20(30(14)26(35)36-2)10-11-21-22(18)29-24(23(32)19-9-7-16(27)13-28-19)31(21)17-5-3-4-15(12-17)25(33)34/h7,9-11,13-15,17,23,32H,3-6,8,12H2,1-2H3,(H,33,34)/t14-,15+,17+,23+/m0/s1. The summed E-state index contributed by atoms with van der Waals surface area (Å²) in [6.45, 7) is 1.98. The maximum atomic E-state index is 12.6. The summed E-state index contributed by atoms with van der Waals surface area (Å²) in [5, 5.41) is 21.6. The topological polar surface area (TPSA) is 118 Å². The van der Waals surface area contributed by atoms with Crippen LogP contribution >= 0.6 is 11.6 Å². The number of amides is 1. The van der Waals surface area contributed by atoms with Crippen molar-refractivity contribution in [2.45, 2.75) is 63.6 Å². The van der Waals surface area contributed by atoms with Gasteiger partial charge in [0.15, 0.2) is 6.10 Å². The van der Waals surface area contributed by atoms with Crippen LogP contribution in [0.15, 0.2) is 30.5 Å². The first-order chi connectivity index (χ1) is 17.3. The summed E-state index contributed by atoms with van der Waals surface area (Å²) in [6.07, 6.45) is 4.03. The third-order valence-electron chi connectivity index (χ3n) is 7.49. The van der Waals surface area contributed by atoms with Crippen LogP contribution in [-0.4, -0.2) is 50.0 Å². The minimum Gasteiger partial charge on any atom is -0.481 e. The van der Waals surface area contributed by atoms with Gasteiger partial charge in [0.25, 0.3) is 0 Å². The second-order valence-corrected chi connectivity index (χ2v) is 10.1. The fraction of sp³-hybridized carbons (Fsp3) is 0.462. The number of fused-ring (bicyclic) bond motifs is 3. The number of aliphatic carboxylic acids is 1. The maximum absolute atomic E-state index is 12.6. The fourth-order valence-corrected chi connectivity index (χ4v) is 5.79. The molecule has 2 aliphatic rings. The average Bonchev–Trinajstić information content (AvgIpc) is 3.28. The predicted octanol–water partition coefficient (Wildman–Crippen LogP) is 4.89. The Bertz CT molecular complexity index is 1310. The molecule has 36 heavy (non-hydrogen) atoms. The number of rotatable bonds is 4. The molecule has 1 fully saturated rings. The first kappa shape index (κ1) is 24.5. The summed E-state index contributed by atoms with van der Waals surface area (Å²) in [6, 6.07) is 6.97. The van der Waals surface area contributed by atoms with E-state index in [4.69, 9.17) is 21.3 Å². The number of hydrogen-bond acceptors (Lipinski definition) is 6. The highest BCUT2D eigenvalue weighted by Gasteiger charge is 2.35. The van der Waals surface area contributed by atoms with Crippen molar-refractivity contribution in [1.82, 2.24) is 14.5 Å². The normalized spacial score (nSPS) is 22.8. The molecular weight excluding hydrogens is 484 g/mol. The lowest BCUT2D eigenvalue weighted by molar-refractivity contribution is -0.143. The number of aromatic nitrogens is 3. The van der Waals surface area contributed by atoms with Gasteiger partial charge in [-0.05, 0) is 63.3 Å². The minimum absolute atomic E-state index is 0.0255. The summed E-state index contributed by atoms with van der Waals surface area (Å²) < 4.78 is 7.03. The number of carboxylic acid groups (broad SMARTS) is 1. The predicted molar refractivity (Wildman–Crippen MR) is 134 cm³/mol. The number of imidazole rings is 1. The van der Waals surface area contributed by atoms with E-state index in [-0.39, 0.29) is 12.1 Å². The lowest BCUT2D eigenvalue weighted by atomic mass is 9.85. The molecule has 0 spiro atoms. The van der Waals surface area contributed by atoms with Crippen LogP contribution in [-0.2, 0) is 16.0 Å². The van der Waals surface area contributed by atoms with Crippen LogP contribution in [0.25, 0.3) is 11.0 Å². The first-order valence-corrected chi connectivity index (χ1v) is 12.6. The third kappa shape index (κ3) is 4.20. The number of anilines is 1. The zero-order valence-electron chi connectivity index (χ0n) is 20.2. The summed E-state index contributed by atoms with van der Waals surface area (Å²) in [5.41, 5.74) is 3.58. The highest BCUT2D eigenvalue weighted by Crippen LogP contribution is 2.42. The molecule has 5 rings (SSSR count). The van der Waals surface area contributed by atoms with E-state index < -0.39 is 24.1 Å². The molecule has 1 saturated carbocycles. The van der Waals surface area contributed by atoms with Crippen molar-refractivity contribution in [1.29, 1.82) is 0 Å². The van der Waals surface area contributed by atoms with Crippen molar-refractivity contribution in [2.24, 2.45) is 5.92 Å². The highest BCUT2D eigenvalue weighted by atomic mass is 35.5. The summed E-state index contributed by atoms with van der Waals surface area (Å²) >= 11 is 6.00. The number of carboxylic acids is 1. The zero-order chi connectivity index (χ0) is 25.6. The minimum atomic E-state index is -1.13. The second-order valence-electron chi connectivity index (χ2n) is 9.66. The average molecular weight is 513 g/mol. The summed E-state index contributed by atoms with van der Waals surface area (Å²) in [4.78, 5) is 35.3. The lowest BCUT2D eigenvalue weighted by Crippen LogP contribution is -2.42. The number of benzene rings is 1. The SMILES string of the molecule is COC(=O)N1c2ccc3c(nc([C@H](O)c4ccc(Cl)cn4)n3[C@@H]3CCC[C@@H](C(=O)O)C3)c2CC[C@@H]1C. The van der Waals surface area contributed by atoms with Crippen LogP contribution in [0, 0.1) is 5.92 Å². The van der Waals surface area contributed by atoms with Crippen LogP contribution in [0.2, 0.25) is 5.02 Å². The molecule has 4 atom stereocenters. The Labute approximate surface area is 213 Å². The number of aryl methyl sites for hydroxylation is 1. The van der Waals surface area contributed by atoms with Crippen molar-refractivity contribution in [3.05, 3.63) is 52.6 Å². The van der Waals surface area contributed by atoms with E-state index in [9.17, 15) is 19.8 Å². The molecule has 1 aliphatic carbocycles. The Balaban J connectivity index is 1.69. The number of aliphatic hydroxyl groups excluding tert-OH is 1. The van der Waals surface area contributed by atoms with E-state index in [0.717, 1.165) is 42.5 Å². The van der Waals surface area contributed by atoms with E-state index in [1.807, 2.05) is 23.6 Å². The first-order valence-electron chi connectivity index (χ1n) is 12.2. The molecule has 0 bridgehead atoms. The molecule has 0 saturated heterocycles. The van der Waals surface area contributed by atoms with Gasteiger partial charge in [0.2, 0.25) is 0 Å². The number of ether oxygens (including phenoxy) is 1. The van der Waals surface area contributed by atoms with Gasteiger partial charge in [-0.3, -0.25) is 14.7 Å². The lowest BCUT2D eigenvalue weighted by Gasteiger charge is -2.34. The largest absolute Gasteiger partial charge is 0.481 e. The molecule has 3 aromatic rings. The summed E-state index contributed by atoms with van der Waals surface area (Å²) in [5.74, 6) is -0.841. The number of carbonyl (C=O) groups is 2. The molecule has 1 aliphatic heterocycles. The third-order valence-corrected chi connectivity index (χ3v) is 7.71. The Morgan fingerprint density at radius 3 is 2.69 bits per heavy atom. The molecule has 190 valence electrons. The van der Waals surface area contributed by atoms with Gasteiger partial charge in [-0.2, -0.15) is 0 Å². The fourth-order valence-electron chi connectivity index (χ4n) is 5.67.